The van der Waals surface area contributed by atoms with Crippen LogP contribution in [-0.2, 0) is 0 Å². The molecule has 2 heterocycles. The number of piperazine rings is 1. The topological polar surface area (TPSA) is 54.4 Å². The average molecular weight is 294 g/mol. The summed E-state index contributed by atoms with van der Waals surface area (Å²) in [6, 6.07) is 5.45. The van der Waals surface area contributed by atoms with Crippen LogP contribution in [0.5, 0.6) is 17.2 Å². The lowest BCUT2D eigenvalue weighted by Crippen LogP contribution is -2.47. The van der Waals surface area contributed by atoms with Crippen molar-refractivity contribution in [3.8, 4) is 17.2 Å². The Kier molecular flexibility index (Phi) is 4.48. The Labute approximate surface area is 124 Å². The molecule has 1 fully saturated rings. The van der Waals surface area contributed by atoms with Gasteiger partial charge in [0, 0.05) is 38.8 Å². The predicted octanol–water partition coefficient (Wildman–Crippen LogP) is 0.402. The van der Waals surface area contributed by atoms with E-state index in [1.807, 2.05) is 12.1 Å². The molecule has 6 heteroatoms. The number of likely N-dealkylation sites (N-methyl/N-ethyl adjacent to an activating group) is 1. The number of rotatable bonds is 5. The minimum atomic E-state index is -0.487. The van der Waals surface area contributed by atoms with Crippen LogP contribution in [0.1, 0.15) is 0 Å². The maximum absolute atomic E-state index is 10.1. The van der Waals surface area contributed by atoms with Gasteiger partial charge in [0.25, 0.3) is 0 Å². The highest BCUT2D eigenvalue weighted by Gasteiger charge is 2.18. The number of aliphatic hydroxyl groups is 1. The highest BCUT2D eigenvalue weighted by molar-refractivity contribution is 5.46. The summed E-state index contributed by atoms with van der Waals surface area (Å²) in [7, 11) is 2.12. The van der Waals surface area contributed by atoms with Crippen LogP contribution in [0.4, 0.5) is 0 Å². The van der Waals surface area contributed by atoms with E-state index in [-0.39, 0.29) is 13.4 Å². The van der Waals surface area contributed by atoms with Gasteiger partial charge in [-0.1, -0.05) is 0 Å². The summed E-state index contributed by atoms with van der Waals surface area (Å²) in [4.78, 5) is 4.57. The molecular formula is C15H22N2O4. The second-order valence-electron chi connectivity index (χ2n) is 5.58. The summed E-state index contributed by atoms with van der Waals surface area (Å²) in [5.74, 6) is 2.12. The first-order chi connectivity index (χ1) is 10.2. The van der Waals surface area contributed by atoms with Gasteiger partial charge in [-0.2, -0.15) is 0 Å². The predicted molar refractivity (Wildman–Crippen MR) is 78.0 cm³/mol. The van der Waals surface area contributed by atoms with Crippen molar-refractivity contribution in [2.75, 3.05) is 53.2 Å². The number of nitrogens with zero attached hydrogens (tertiary/aromatic N) is 2. The monoisotopic (exact) mass is 294 g/mol. The van der Waals surface area contributed by atoms with E-state index < -0.39 is 6.10 Å². The molecule has 0 bridgehead atoms. The molecular weight excluding hydrogens is 272 g/mol. The van der Waals surface area contributed by atoms with Gasteiger partial charge < -0.3 is 24.2 Å². The van der Waals surface area contributed by atoms with Crippen molar-refractivity contribution in [2.24, 2.45) is 0 Å². The molecule has 0 saturated carbocycles. The van der Waals surface area contributed by atoms with E-state index in [0.29, 0.717) is 18.0 Å². The lowest BCUT2D eigenvalue weighted by Gasteiger charge is -2.33. The summed E-state index contributed by atoms with van der Waals surface area (Å²) < 4.78 is 16.2. The van der Waals surface area contributed by atoms with Crippen LogP contribution in [0.25, 0.3) is 0 Å². The second kappa shape index (κ2) is 6.51. The molecule has 116 valence electrons. The van der Waals surface area contributed by atoms with Crippen LogP contribution in [0, 0.1) is 0 Å². The first kappa shape index (κ1) is 14.4. The zero-order chi connectivity index (χ0) is 14.7. The minimum absolute atomic E-state index is 0.255. The van der Waals surface area contributed by atoms with Crippen molar-refractivity contribution < 1.29 is 19.3 Å². The first-order valence-corrected chi connectivity index (χ1v) is 7.32. The Morgan fingerprint density at radius 2 is 1.95 bits per heavy atom. The van der Waals surface area contributed by atoms with E-state index >= 15 is 0 Å². The molecule has 0 amide bonds. The maximum atomic E-state index is 10.1. The van der Waals surface area contributed by atoms with Crippen molar-refractivity contribution in [3.63, 3.8) is 0 Å². The van der Waals surface area contributed by atoms with Crippen LogP contribution >= 0.6 is 0 Å². The molecule has 1 saturated heterocycles. The molecule has 3 rings (SSSR count). The number of hydrogen-bond acceptors (Lipinski definition) is 6. The molecule has 6 nitrogen and oxygen atoms in total. The van der Waals surface area contributed by atoms with Gasteiger partial charge in [-0.15, -0.1) is 0 Å². The van der Waals surface area contributed by atoms with Crippen molar-refractivity contribution in [1.29, 1.82) is 0 Å². The lowest BCUT2D eigenvalue weighted by molar-refractivity contribution is 0.0504. The third-order valence-corrected chi connectivity index (χ3v) is 3.85. The zero-order valence-corrected chi connectivity index (χ0v) is 12.3. The first-order valence-electron chi connectivity index (χ1n) is 7.32. The molecule has 0 spiro atoms. The largest absolute Gasteiger partial charge is 0.491 e. The van der Waals surface area contributed by atoms with Gasteiger partial charge >= 0.3 is 0 Å². The van der Waals surface area contributed by atoms with Gasteiger partial charge in [0.1, 0.15) is 18.5 Å². The fraction of sp³-hybridized carbons (Fsp3) is 0.600. The van der Waals surface area contributed by atoms with Gasteiger partial charge in [0.15, 0.2) is 11.5 Å². The fourth-order valence-corrected chi connectivity index (χ4v) is 2.54. The molecule has 1 atom stereocenters. The minimum Gasteiger partial charge on any atom is -0.491 e. The molecule has 1 aromatic carbocycles. The third-order valence-electron chi connectivity index (χ3n) is 3.85. The number of benzene rings is 1. The average Bonchev–Trinajstić information content (AvgIpc) is 2.95. The molecule has 1 aromatic rings. The number of ether oxygens (including phenoxy) is 3. The molecule has 0 aliphatic carbocycles. The molecule has 1 unspecified atom stereocenters. The van der Waals surface area contributed by atoms with Crippen LogP contribution < -0.4 is 14.2 Å². The van der Waals surface area contributed by atoms with Gasteiger partial charge in [0.2, 0.25) is 6.79 Å². The Morgan fingerprint density at radius 1 is 1.19 bits per heavy atom. The van der Waals surface area contributed by atoms with Gasteiger partial charge in [-0.3, -0.25) is 4.90 Å². The maximum Gasteiger partial charge on any atom is 0.231 e. The summed E-state index contributed by atoms with van der Waals surface area (Å²) in [5.41, 5.74) is 0. The van der Waals surface area contributed by atoms with E-state index in [1.165, 1.54) is 0 Å². The third kappa shape index (κ3) is 3.78. The molecule has 2 aliphatic heterocycles. The fourth-order valence-electron chi connectivity index (χ4n) is 2.54. The Hall–Kier alpha value is -1.50. The number of fused-ring (bicyclic) bond motifs is 1. The Balaban J connectivity index is 1.44. The lowest BCUT2D eigenvalue weighted by atomic mass is 10.2. The Bertz CT molecular complexity index is 475. The van der Waals surface area contributed by atoms with Crippen LogP contribution in [0.15, 0.2) is 18.2 Å². The normalized spacial score (nSPS) is 20.5. The van der Waals surface area contributed by atoms with Crippen LogP contribution in [-0.4, -0.2) is 74.2 Å². The molecule has 2 aliphatic rings. The molecule has 0 aromatic heterocycles. The standard InChI is InChI=1S/C15H22N2O4/c1-16-4-6-17(7-5-16)9-12(18)10-19-13-2-3-14-15(8-13)21-11-20-14/h2-3,8,12,18H,4-7,9-11H2,1H3. The van der Waals surface area contributed by atoms with E-state index in [4.69, 9.17) is 14.2 Å². The van der Waals surface area contributed by atoms with Crippen molar-refractivity contribution in [2.45, 2.75) is 6.10 Å². The SMILES string of the molecule is CN1CCN(CC(O)COc2ccc3c(c2)OCO3)CC1. The number of aliphatic hydroxyl groups excluding tert-OH is 1. The second-order valence-corrected chi connectivity index (χ2v) is 5.58. The van der Waals surface area contributed by atoms with Gasteiger partial charge in [-0.05, 0) is 19.2 Å². The summed E-state index contributed by atoms with van der Waals surface area (Å²) in [5, 5.41) is 10.1. The highest BCUT2D eigenvalue weighted by atomic mass is 16.7. The van der Waals surface area contributed by atoms with E-state index in [9.17, 15) is 5.11 Å². The van der Waals surface area contributed by atoms with Gasteiger partial charge in [0.05, 0.1) is 0 Å². The number of β-amino-alcohol motifs (C(OH)–C–C–N with tert-alkyl or cyclic N) is 1. The van der Waals surface area contributed by atoms with E-state index in [2.05, 4.69) is 16.8 Å². The smallest absolute Gasteiger partial charge is 0.231 e. The number of hydrogen-bond donors (Lipinski definition) is 1. The molecule has 21 heavy (non-hydrogen) atoms. The van der Waals surface area contributed by atoms with E-state index in [1.54, 1.807) is 6.07 Å². The highest BCUT2D eigenvalue weighted by Crippen LogP contribution is 2.35. The Morgan fingerprint density at radius 3 is 2.76 bits per heavy atom. The summed E-state index contributed by atoms with van der Waals surface area (Å²) >= 11 is 0. The molecule has 0 radical (unpaired) electrons. The quantitative estimate of drug-likeness (QED) is 0.848. The van der Waals surface area contributed by atoms with Crippen molar-refractivity contribution in [1.82, 2.24) is 9.80 Å². The molecule has 1 N–H and O–H groups in total. The van der Waals surface area contributed by atoms with Crippen LogP contribution in [0.3, 0.4) is 0 Å². The summed E-state index contributed by atoms with van der Waals surface area (Å²) in [6.07, 6.45) is -0.487. The van der Waals surface area contributed by atoms with Gasteiger partial charge in [-0.25, -0.2) is 0 Å². The van der Waals surface area contributed by atoms with Crippen LogP contribution in [0.2, 0.25) is 0 Å². The summed E-state index contributed by atoms with van der Waals surface area (Å²) in [6.45, 7) is 5.29. The van der Waals surface area contributed by atoms with E-state index in [0.717, 1.165) is 31.9 Å². The van der Waals surface area contributed by atoms with Crippen molar-refractivity contribution >= 4 is 0 Å². The zero-order valence-electron chi connectivity index (χ0n) is 12.3. The van der Waals surface area contributed by atoms with Crippen molar-refractivity contribution in [3.05, 3.63) is 18.2 Å².